The topological polar surface area (TPSA) is 66.5 Å². The summed E-state index contributed by atoms with van der Waals surface area (Å²) in [5.74, 6) is 0. The third kappa shape index (κ3) is 2.81. The Bertz CT molecular complexity index is 805. The Labute approximate surface area is 126 Å². The van der Waals surface area contributed by atoms with Gasteiger partial charge in [0.05, 0.1) is 23.1 Å². The fraction of sp³-hybridized carbons (Fsp3) is 0.133. The van der Waals surface area contributed by atoms with Crippen molar-refractivity contribution in [2.75, 3.05) is 11.9 Å². The molecule has 0 aliphatic heterocycles. The molecule has 1 N–H and O–H groups in total. The molecular formula is C15H12ClN5. The minimum Gasteiger partial charge on any atom is -0.382 e. The second kappa shape index (κ2) is 5.81. The number of nitriles is 1. The molecule has 0 atom stereocenters. The molecule has 2 heterocycles. The number of rotatable bonds is 4. The van der Waals surface area contributed by atoms with Crippen LogP contribution < -0.4 is 5.32 Å². The molecule has 0 radical (unpaired) electrons. The Hall–Kier alpha value is -2.58. The lowest BCUT2D eigenvalue weighted by Crippen LogP contribution is -2.10. The van der Waals surface area contributed by atoms with Crippen molar-refractivity contribution in [1.29, 1.82) is 5.26 Å². The van der Waals surface area contributed by atoms with E-state index in [1.54, 1.807) is 24.8 Å². The summed E-state index contributed by atoms with van der Waals surface area (Å²) in [6.45, 7) is 1.44. The van der Waals surface area contributed by atoms with E-state index in [-0.39, 0.29) is 0 Å². The second-order valence-corrected chi connectivity index (χ2v) is 4.98. The maximum atomic E-state index is 9.25. The van der Waals surface area contributed by atoms with Gasteiger partial charge in [0.15, 0.2) is 0 Å². The molecule has 6 heteroatoms. The van der Waals surface area contributed by atoms with Crippen molar-refractivity contribution in [3.05, 3.63) is 53.7 Å². The predicted octanol–water partition coefficient (Wildman–Crippen LogP) is 3.07. The van der Waals surface area contributed by atoms with Crippen LogP contribution in [0, 0.1) is 11.3 Å². The van der Waals surface area contributed by atoms with Gasteiger partial charge in [0, 0.05) is 42.1 Å². The van der Waals surface area contributed by atoms with Crippen LogP contribution in [0.1, 0.15) is 5.56 Å². The maximum Gasteiger partial charge on any atom is 0.103 e. The highest BCUT2D eigenvalue weighted by Gasteiger charge is 2.09. The predicted molar refractivity (Wildman–Crippen MR) is 82.2 cm³/mol. The summed E-state index contributed by atoms with van der Waals surface area (Å²) < 4.78 is 1.97. The number of halogens is 1. The Morgan fingerprint density at radius 1 is 1.38 bits per heavy atom. The highest BCUT2D eigenvalue weighted by Crippen LogP contribution is 2.27. The van der Waals surface area contributed by atoms with E-state index in [4.69, 9.17) is 11.6 Å². The van der Waals surface area contributed by atoms with Gasteiger partial charge in [0.25, 0.3) is 0 Å². The zero-order valence-corrected chi connectivity index (χ0v) is 11.9. The summed E-state index contributed by atoms with van der Waals surface area (Å²) in [4.78, 5) is 8.27. The first-order chi connectivity index (χ1) is 10.3. The lowest BCUT2D eigenvalue weighted by atomic mass is 10.1. The van der Waals surface area contributed by atoms with Crippen LogP contribution in [0.2, 0.25) is 5.02 Å². The van der Waals surface area contributed by atoms with Gasteiger partial charge in [-0.05, 0) is 18.2 Å². The normalized spacial score (nSPS) is 10.5. The van der Waals surface area contributed by atoms with E-state index in [1.807, 2.05) is 22.9 Å². The van der Waals surface area contributed by atoms with Gasteiger partial charge >= 0.3 is 0 Å². The average molecular weight is 298 g/mol. The number of pyridine rings is 1. The molecule has 0 aliphatic rings. The average Bonchev–Trinajstić information content (AvgIpc) is 3.00. The number of imidazole rings is 1. The zero-order chi connectivity index (χ0) is 14.7. The number of hydrogen-bond acceptors (Lipinski definition) is 4. The van der Waals surface area contributed by atoms with Gasteiger partial charge in [-0.15, -0.1) is 0 Å². The van der Waals surface area contributed by atoms with Gasteiger partial charge in [-0.2, -0.15) is 5.26 Å². The molecule has 0 amide bonds. The third-order valence-electron chi connectivity index (χ3n) is 3.18. The molecule has 5 nitrogen and oxygen atoms in total. The number of aromatic nitrogens is 3. The third-order valence-corrected chi connectivity index (χ3v) is 3.42. The van der Waals surface area contributed by atoms with Crippen molar-refractivity contribution in [2.45, 2.75) is 6.54 Å². The molecular weight excluding hydrogens is 286 g/mol. The standard InChI is InChI=1S/C15H12ClN5/c16-12-1-2-14-13(7-12)15(11(8-17)9-20-14)19-4-6-21-5-3-18-10-21/h1-3,5,7,9-10H,4,6H2,(H,19,20). The van der Waals surface area contributed by atoms with Crippen molar-refractivity contribution in [3.63, 3.8) is 0 Å². The van der Waals surface area contributed by atoms with E-state index in [2.05, 4.69) is 21.4 Å². The maximum absolute atomic E-state index is 9.25. The van der Waals surface area contributed by atoms with Crippen molar-refractivity contribution in [2.24, 2.45) is 0 Å². The molecule has 0 unspecified atom stereocenters. The lowest BCUT2D eigenvalue weighted by molar-refractivity contribution is 0.727. The first-order valence-corrected chi connectivity index (χ1v) is 6.83. The van der Waals surface area contributed by atoms with Crippen LogP contribution in [0.3, 0.4) is 0 Å². The fourth-order valence-corrected chi connectivity index (χ4v) is 2.34. The number of hydrogen-bond donors (Lipinski definition) is 1. The van der Waals surface area contributed by atoms with E-state index in [0.29, 0.717) is 17.1 Å². The molecule has 3 aromatic rings. The molecule has 0 aliphatic carbocycles. The molecule has 0 bridgehead atoms. The van der Waals surface area contributed by atoms with Crippen LogP contribution in [0.4, 0.5) is 5.69 Å². The quantitative estimate of drug-likeness (QED) is 0.803. The molecule has 0 saturated carbocycles. The summed E-state index contributed by atoms with van der Waals surface area (Å²) in [6.07, 6.45) is 6.97. The first-order valence-electron chi connectivity index (χ1n) is 6.46. The number of anilines is 1. The Morgan fingerprint density at radius 2 is 2.29 bits per heavy atom. The summed E-state index contributed by atoms with van der Waals surface area (Å²) in [6, 6.07) is 7.62. The van der Waals surface area contributed by atoms with E-state index in [1.165, 1.54) is 0 Å². The largest absolute Gasteiger partial charge is 0.382 e. The van der Waals surface area contributed by atoms with E-state index in [0.717, 1.165) is 23.1 Å². The molecule has 21 heavy (non-hydrogen) atoms. The molecule has 2 aromatic heterocycles. The summed E-state index contributed by atoms with van der Waals surface area (Å²) >= 11 is 6.05. The molecule has 3 rings (SSSR count). The van der Waals surface area contributed by atoms with Crippen molar-refractivity contribution in [3.8, 4) is 6.07 Å². The van der Waals surface area contributed by atoms with Crippen molar-refractivity contribution < 1.29 is 0 Å². The highest BCUT2D eigenvalue weighted by atomic mass is 35.5. The fourth-order valence-electron chi connectivity index (χ4n) is 2.17. The van der Waals surface area contributed by atoms with Gasteiger partial charge in [-0.1, -0.05) is 11.6 Å². The van der Waals surface area contributed by atoms with Gasteiger partial charge in [-0.25, -0.2) is 4.98 Å². The molecule has 1 aromatic carbocycles. The minimum absolute atomic E-state index is 0.510. The van der Waals surface area contributed by atoms with E-state index in [9.17, 15) is 5.26 Å². The van der Waals surface area contributed by atoms with Crippen molar-refractivity contribution >= 4 is 28.2 Å². The molecule has 0 fully saturated rings. The number of nitrogens with one attached hydrogen (secondary N) is 1. The van der Waals surface area contributed by atoms with Gasteiger partial charge in [0.2, 0.25) is 0 Å². The minimum atomic E-state index is 0.510. The summed E-state index contributed by atoms with van der Waals surface area (Å²) in [5, 5.41) is 14.0. The lowest BCUT2D eigenvalue weighted by Gasteiger charge is -2.11. The Morgan fingerprint density at radius 3 is 3.05 bits per heavy atom. The molecule has 0 saturated heterocycles. The number of fused-ring (bicyclic) bond motifs is 1. The van der Waals surface area contributed by atoms with E-state index >= 15 is 0 Å². The van der Waals surface area contributed by atoms with Crippen LogP contribution in [0.25, 0.3) is 10.9 Å². The highest BCUT2D eigenvalue weighted by molar-refractivity contribution is 6.31. The van der Waals surface area contributed by atoms with E-state index < -0.39 is 0 Å². The smallest absolute Gasteiger partial charge is 0.103 e. The van der Waals surface area contributed by atoms with Crippen LogP contribution in [0.5, 0.6) is 0 Å². The molecule has 0 spiro atoms. The first kappa shape index (κ1) is 13.4. The molecule has 104 valence electrons. The van der Waals surface area contributed by atoms with Crippen LogP contribution in [-0.4, -0.2) is 21.1 Å². The monoisotopic (exact) mass is 297 g/mol. The van der Waals surface area contributed by atoms with Crippen LogP contribution in [0.15, 0.2) is 43.1 Å². The number of nitrogens with zero attached hydrogens (tertiary/aromatic N) is 4. The zero-order valence-electron chi connectivity index (χ0n) is 11.1. The van der Waals surface area contributed by atoms with Crippen LogP contribution >= 0.6 is 11.6 Å². The van der Waals surface area contributed by atoms with Gasteiger partial charge in [0.1, 0.15) is 6.07 Å². The second-order valence-electron chi connectivity index (χ2n) is 4.55. The summed E-state index contributed by atoms with van der Waals surface area (Å²) in [7, 11) is 0. The van der Waals surface area contributed by atoms with Crippen molar-refractivity contribution in [1.82, 2.24) is 14.5 Å². The van der Waals surface area contributed by atoms with Gasteiger partial charge < -0.3 is 9.88 Å². The van der Waals surface area contributed by atoms with Crippen LogP contribution in [-0.2, 0) is 6.54 Å². The summed E-state index contributed by atoms with van der Waals surface area (Å²) in [5.41, 5.74) is 2.09. The Kier molecular flexibility index (Phi) is 3.71. The SMILES string of the molecule is N#Cc1cnc2ccc(Cl)cc2c1NCCn1ccnc1. The Balaban J connectivity index is 1.91. The van der Waals surface area contributed by atoms with Gasteiger partial charge in [-0.3, -0.25) is 4.98 Å². The number of benzene rings is 1.